The van der Waals surface area contributed by atoms with Crippen molar-refractivity contribution in [2.45, 2.75) is 44.6 Å². The van der Waals surface area contributed by atoms with Crippen molar-refractivity contribution in [3.05, 3.63) is 34.9 Å². The first-order valence-corrected chi connectivity index (χ1v) is 5.93. The Bertz CT molecular complexity index is 406. The summed E-state index contributed by atoms with van der Waals surface area (Å²) in [6, 6.07) is 6.44. The summed E-state index contributed by atoms with van der Waals surface area (Å²) < 4.78 is 0. The van der Waals surface area contributed by atoms with Crippen molar-refractivity contribution >= 4 is 0 Å². The van der Waals surface area contributed by atoms with Gasteiger partial charge in [-0.2, -0.15) is 0 Å². The first kappa shape index (κ1) is 11.6. The molecule has 1 atom stereocenters. The normalized spacial score (nSPS) is 24.6. The number of aryl methyl sites for hydroxylation is 1. The highest BCUT2D eigenvalue weighted by Crippen LogP contribution is 2.38. The van der Waals surface area contributed by atoms with Crippen molar-refractivity contribution in [1.82, 2.24) is 0 Å². The summed E-state index contributed by atoms with van der Waals surface area (Å²) >= 11 is 0. The Labute approximate surface area is 97.5 Å². The zero-order valence-electron chi connectivity index (χ0n) is 10.4. The van der Waals surface area contributed by atoms with Gasteiger partial charge in [0.15, 0.2) is 0 Å². The molecule has 2 rings (SSSR count). The van der Waals surface area contributed by atoms with E-state index >= 15 is 0 Å². The zero-order valence-corrected chi connectivity index (χ0v) is 10.4. The van der Waals surface area contributed by atoms with Gasteiger partial charge in [-0.3, -0.25) is 0 Å². The van der Waals surface area contributed by atoms with Crippen LogP contribution in [-0.4, -0.2) is 11.7 Å². The summed E-state index contributed by atoms with van der Waals surface area (Å²) in [5.41, 5.74) is 8.57. The van der Waals surface area contributed by atoms with Gasteiger partial charge < -0.3 is 10.8 Å². The molecule has 0 spiro atoms. The minimum atomic E-state index is -0.795. The summed E-state index contributed by atoms with van der Waals surface area (Å²) in [5, 5.41) is 10.4. The van der Waals surface area contributed by atoms with E-state index in [-0.39, 0.29) is 5.41 Å². The summed E-state index contributed by atoms with van der Waals surface area (Å²) in [6.07, 6.45) is 1.69. The van der Waals surface area contributed by atoms with Crippen LogP contribution in [0.15, 0.2) is 18.2 Å². The minimum absolute atomic E-state index is 0.118. The molecule has 16 heavy (non-hydrogen) atoms. The summed E-state index contributed by atoms with van der Waals surface area (Å²) in [5.74, 6) is 0. The predicted molar refractivity (Wildman–Crippen MR) is 66.4 cm³/mol. The van der Waals surface area contributed by atoms with Gasteiger partial charge in [0.25, 0.3) is 0 Å². The molecule has 0 aromatic heterocycles. The van der Waals surface area contributed by atoms with Crippen LogP contribution in [0.1, 0.15) is 43.9 Å². The fourth-order valence-corrected chi connectivity index (χ4v) is 2.38. The standard InChI is InChI=1S/C14H21NO/c1-13(2,3)11-5-4-10-6-7-14(16,9-15)12(10)8-11/h4-5,8,16H,6-7,9,15H2,1-3H3. The minimum Gasteiger partial charge on any atom is -0.384 e. The molecule has 0 fully saturated rings. The quantitative estimate of drug-likeness (QED) is 0.759. The van der Waals surface area contributed by atoms with E-state index in [1.54, 1.807) is 0 Å². The molecule has 0 heterocycles. The van der Waals surface area contributed by atoms with Crippen LogP contribution < -0.4 is 5.73 Å². The number of aliphatic hydroxyl groups is 1. The van der Waals surface area contributed by atoms with Crippen LogP contribution in [0.2, 0.25) is 0 Å². The molecule has 0 amide bonds. The first-order chi connectivity index (χ1) is 7.37. The number of hydrogen-bond donors (Lipinski definition) is 2. The van der Waals surface area contributed by atoms with Crippen LogP contribution >= 0.6 is 0 Å². The Morgan fingerprint density at radius 2 is 2.06 bits per heavy atom. The van der Waals surface area contributed by atoms with Crippen molar-refractivity contribution in [1.29, 1.82) is 0 Å². The van der Waals surface area contributed by atoms with Gasteiger partial charge in [0.1, 0.15) is 5.60 Å². The third kappa shape index (κ3) is 1.76. The third-order valence-corrected chi connectivity index (χ3v) is 3.62. The maximum absolute atomic E-state index is 10.4. The lowest BCUT2D eigenvalue weighted by molar-refractivity contribution is 0.0480. The van der Waals surface area contributed by atoms with Gasteiger partial charge >= 0.3 is 0 Å². The Morgan fingerprint density at radius 3 is 2.62 bits per heavy atom. The highest BCUT2D eigenvalue weighted by atomic mass is 16.3. The molecule has 0 bridgehead atoms. The molecule has 1 aliphatic carbocycles. The van der Waals surface area contributed by atoms with Crippen LogP contribution in [0.4, 0.5) is 0 Å². The maximum atomic E-state index is 10.4. The summed E-state index contributed by atoms with van der Waals surface area (Å²) in [4.78, 5) is 0. The number of benzene rings is 1. The van der Waals surface area contributed by atoms with Crippen molar-refractivity contribution in [2.24, 2.45) is 5.73 Å². The van der Waals surface area contributed by atoms with Crippen molar-refractivity contribution in [3.63, 3.8) is 0 Å². The smallest absolute Gasteiger partial charge is 0.102 e. The van der Waals surface area contributed by atoms with Gasteiger partial charge in [-0.1, -0.05) is 39.0 Å². The van der Waals surface area contributed by atoms with E-state index in [1.807, 2.05) is 0 Å². The molecule has 1 unspecified atom stereocenters. The third-order valence-electron chi connectivity index (χ3n) is 3.62. The van der Waals surface area contributed by atoms with E-state index in [0.717, 1.165) is 18.4 Å². The van der Waals surface area contributed by atoms with Crippen molar-refractivity contribution < 1.29 is 5.11 Å². The fraction of sp³-hybridized carbons (Fsp3) is 0.571. The SMILES string of the molecule is CC(C)(C)c1ccc2c(c1)C(O)(CN)CC2. The molecule has 2 heteroatoms. The van der Waals surface area contributed by atoms with Crippen LogP contribution in [0.25, 0.3) is 0 Å². The van der Waals surface area contributed by atoms with Crippen molar-refractivity contribution in [2.75, 3.05) is 6.54 Å². The molecule has 0 aliphatic heterocycles. The van der Waals surface area contributed by atoms with E-state index < -0.39 is 5.60 Å². The summed E-state index contributed by atoms with van der Waals surface area (Å²) in [6.45, 7) is 6.87. The topological polar surface area (TPSA) is 46.2 Å². The van der Waals surface area contributed by atoms with Gasteiger partial charge in [0.2, 0.25) is 0 Å². The Balaban J connectivity index is 2.50. The molecule has 1 aromatic rings. The molecule has 0 saturated carbocycles. The molecular formula is C14H21NO. The molecule has 88 valence electrons. The van der Waals surface area contributed by atoms with Crippen LogP contribution in [0, 0.1) is 0 Å². The Morgan fingerprint density at radius 1 is 1.38 bits per heavy atom. The second kappa shape index (κ2) is 3.57. The van der Waals surface area contributed by atoms with E-state index in [9.17, 15) is 5.11 Å². The van der Waals surface area contributed by atoms with Gasteiger partial charge in [-0.25, -0.2) is 0 Å². The molecule has 0 saturated heterocycles. The summed E-state index contributed by atoms with van der Waals surface area (Å²) in [7, 11) is 0. The number of rotatable bonds is 1. The molecule has 2 nitrogen and oxygen atoms in total. The maximum Gasteiger partial charge on any atom is 0.102 e. The average molecular weight is 219 g/mol. The van der Waals surface area contributed by atoms with Crippen LogP contribution in [-0.2, 0) is 17.4 Å². The average Bonchev–Trinajstić information content (AvgIpc) is 2.56. The van der Waals surface area contributed by atoms with Gasteiger partial charge in [0.05, 0.1) is 0 Å². The Kier molecular flexibility index (Phi) is 2.59. The predicted octanol–water partition coefficient (Wildman–Crippen LogP) is 2.08. The zero-order chi connectivity index (χ0) is 12.0. The number of fused-ring (bicyclic) bond motifs is 1. The van der Waals surface area contributed by atoms with Gasteiger partial charge in [0, 0.05) is 6.54 Å². The lowest BCUT2D eigenvalue weighted by Gasteiger charge is -2.25. The second-order valence-corrected chi connectivity index (χ2v) is 5.86. The highest BCUT2D eigenvalue weighted by Gasteiger charge is 2.36. The molecule has 1 aliphatic rings. The Hall–Kier alpha value is -0.860. The fourth-order valence-electron chi connectivity index (χ4n) is 2.38. The van der Waals surface area contributed by atoms with E-state index in [4.69, 9.17) is 5.73 Å². The lowest BCUT2D eigenvalue weighted by atomic mass is 9.84. The largest absolute Gasteiger partial charge is 0.384 e. The van der Waals surface area contributed by atoms with E-state index in [1.165, 1.54) is 11.1 Å². The number of nitrogens with two attached hydrogens (primary N) is 1. The molecule has 3 N–H and O–H groups in total. The van der Waals surface area contributed by atoms with Crippen molar-refractivity contribution in [3.8, 4) is 0 Å². The number of hydrogen-bond acceptors (Lipinski definition) is 2. The van der Waals surface area contributed by atoms with E-state index in [0.29, 0.717) is 6.54 Å². The molecular weight excluding hydrogens is 198 g/mol. The van der Waals surface area contributed by atoms with Crippen LogP contribution in [0.3, 0.4) is 0 Å². The monoisotopic (exact) mass is 219 g/mol. The molecule has 1 aromatic carbocycles. The van der Waals surface area contributed by atoms with E-state index in [2.05, 4.69) is 39.0 Å². The van der Waals surface area contributed by atoms with Gasteiger partial charge in [-0.05, 0) is 34.9 Å². The molecule has 0 radical (unpaired) electrons. The first-order valence-electron chi connectivity index (χ1n) is 5.93. The van der Waals surface area contributed by atoms with Gasteiger partial charge in [-0.15, -0.1) is 0 Å². The second-order valence-electron chi connectivity index (χ2n) is 5.86. The van der Waals surface area contributed by atoms with Crippen LogP contribution in [0.5, 0.6) is 0 Å². The lowest BCUT2D eigenvalue weighted by Crippen LogP contribution is -2.32. The highest BCUT2D eigenvalue weighted by molar-refractivity contribution is 5.42.